The van der Waals surface area contributed by atoms with Crippen molar-refractivity contribution in [3.8, 4) is 5.75 Å². The number of rotatable bonds is 10. The van der Waals surface area contributed by atoms with E-state index in [2.05, 4.69) is 31.2 Å². The molecule has 0 radical (unpaired) electrons. The normalized spacial score (nSPS) is 10.6. The third-order valence-corrected chi connectivity index (χ3v) is 5.67. The molecule has 4 aromatic rings. The van der Waals surface area contributed by atoms with E-state index in [1.165, 1.54) is 18.5 Å². The molecule has 0 unspecified atom stereocenters. The number of benzene rings is 3. The van der Waals surface area contributed by atoms with Gasteiger partial charge >= 0.3 is 6.03 Å². The fourth-order valence-electron chi connectivity index (χ4n) is 3.59. The molecule has 11 heteroatoms. The van der Waals surface area contributed by atoms with Gasteiger partial charge in [0.05, 0.1) is 10.5 Å². The number of nitrogens with one attached hydrogen (secondary N) is 4. The fraction of sp³-hybridized carbons (Fsp3) is 0.185. The van der Waals surface area contributed by atoms with Gasteiger partial charge in [0.25, 0.3) is 0 Å². The number of amides is 3. The summed E-state index contributed by atoms with van der Waals surface area (Å²) in [6.45, 7) is 2.71. The Balaban J connectivity index is 1.42. The predicted molar refractivity (Wildman–Crippen MR) is 145 cm³/mol. The van der Waals surface area contributed by atoms with Crippen molar-refractivity contribution in [3.63, 3.8) is 0 Å². The summed E-state index contributed by atoms with van der Waals surface area (Å²) in [6, 6.07) is 16.4. The van der Waals surface area contributed by atoms with Gasteiger partial charge in [0.2, 0.25) is 5.91 Å². The predicted octanol–water partition coefficient (Wildman–Crippen LogP) is 5.39. The van der Waals surface area contributed by atoms with E-state index in [0.29, 0.717) is 51.0 Å². The molecule has 0 aliphatic heterocycles. The lowest BCUT2D eigenvalue weighted by Crippen LogP contribution is -2.36. The largest absolute Gasteiger partial charge is 0.487 e. The van der Waals surface area contributed by atoms with Gasteiger partial charge in [-0.2, -0.15) is 0 Å². The Labute approximate surface area is 223 Å². The smallest absolute Gasteiger partial charge is 0.314 e. The number of urea groups is 1. The third kappa shape index (κ3) is 7.30. The van der Waals surface area contributed by atoms with E-state index in [1.807, 2.05) is 6.92 Å². The molecule has 4 rings (SSSR count). The van der Waals surface area contributed by atoms with Crippen molar-refractivity contribution in [2.24, 2.45) is 0 Å². The highest BCUT2D eigenvalue weighted by atomic mass is 35.5. The van der Waals surface area contributed by atoms with Crippen LogP contribution >= 0.6 is 11.6 Å². The Morgan fingerprint density at radius 2 is 1.84 bits per heavy atom. The van der Waals surface area contributed by atoms with Gasteiger partial charge in [-0.3, -0.25) is 4.79 Å². The first kappa shape index (κ1) is 26.6. The van der Waals surface area contributed by atoms with Gasteiger partial charge < -0.3 is 26.0 Å². The average Bonchev–Trinajstić information content (AvgIpc) is 2.89. The van der Waals surface area contributed by atoms with E-state index < -0.39 is 0 Å². The maximum atomic E-state index is 13.4. The van der Waals surface area contributed by atoms with Crippen molar-refractivity contribution in [2.45, 2.75) is 20.0 Å². The number of aromatic nitrogens is 2. The van der Waals surface area contributed by atoms with E-state index in [4.69, 9.17) is 16.3 Å². The Bertz CT molecular complexity index is 1450. The minimum Gasteiger partial charge on any atom is -0.487 e. The monoisotopic (exact) mass is 536 g/mol. The number of nitrogens with zero attached hydrogens (tertiary/aromatic N) is 2. The number of ether oxygens (including phenoxy) is 1. The summed E-state index contributed by atoms with van der Waals surface area (Å²) in [6.07, 6.45) is 1.56. The molecule has 3 amide bonds. The van der Waals surface area contributed by atoms with Crippen molar-refractivity contribution >= 4 is 51.6 Å². The van der Waals surface area contributed by atoms with Gasteiger partial charge in [0.1, 0.15) is 30.3 Å². The minimum atomic E-state index is -0.329. The first-order valence-electron chi connectivity index (χ1n) is 11.9. The molecule has 0 fully saturated rings. The topological polar surface area (TPSA) is 117 Å². The molecule has 0 aliphatic carbocycles. The average molecular weight is 537 g/mol. The number of anilines is 3. The lowest BCUT2D eigenvalue weighted by molar-refractivity contribution is -0.116. The zero-order chi connectivity index (χ0) is 26.9. The van der Waals surface area contributed by atoms with Crippen LogP contribution in [0.5, 0.6) is 5.75 Å². The number of hydrogen-bond acceptors (Lipinski definition) is 6. The fourth-order valence-corrected chi connectivity index (χ4v) is 3.83. The molecule has 1 aromatic heterocycles. The number of fused-ring (bicyclic) bond motifs is 1. The molecule has 3 aromatic carbocycles. The molecule has 0 saturated heterocycles. The summed E-state index contributed by atoms with van der Waals surface area (Å²) in [4.78, 5) is 32.4. The standard InChI is InChI=1S/C27H26ClFN6O3/c1-2-30-27(37)31-11-10-25(36)34-19-6-8-23-21(13-19)26(33-16-32-23)35-20-7-9-24(22(28)14-20)38-15-17-4-3-5-18(29)12-17/h3-9,12-14,16H,2,10-11,15H2,1H3,(H,34,36)(H2,30,31,37)(H,32,33,35). The van der Waals surface area contributed by atoms with Crippen LogP contribution in [0.1, 0.15) is 18.9 Å². The molecule has 1 heterocycles. The van der Waals surface area contributed by atoms with Crippen LogP contribution in [-0.2, 0) is 11.4 Å². The Kier molecular flexibility index (Phi) is 8.89. The van der Waals surface area contributed by atoms with Crippen LogP contribution < -0.4 is 26.0 Å². The molecule has 0 spiro atoms. The maximum Gasteiger partial charge on any atom is 0.314 e. The van der Waals surface area contributed by atoms with E-state index in [1.54, 1.807) is 48.5 Å². The third-order valence-electron chi connectivity index (χ3n) is 5.37. The zero-order valence-electron chi connectivity index (χ0n) is 20.6. The molecule has 0 saturated carbocycles. The van der Waals surface area contributed by atoms with Crippen molar-refractivity contribution in [2.75, 3.05) is 23.7 Å². The van der Waals surface area contributed by atoms with Gasteiger partial charge in [-0.1, -0.05) is 23.7 Å². The van der Waals surface area contributed by atoms with Crippen molar-refractivity contribution in [3.05, 3.63) is 83.4 Å². The van der Waals surface area contributed by atoms with E-state index >= 15 is 0 Å². The van der Waals surface area contributed by atoms with Gasteiger partial charge in [0, 0.05) is 36.3 Å². The molecular weight excluding hydrogens is 511 g/mol. The second-order valence-corrected chi connectivity index (χ2v) is 8.63. The van der Waals surface area contributed by atoms with Crippen LogP contribution in [0.2, 0.25) is 5.02 Å². The molecule has 0 atom stereocenters. The van der Waals surface area contributed by atoms with Gasteiger partial charge in [0.15, 0.2) is 0 Å². The van der Waals surface area contributed by atoms with Gasteiger partial charge in [-0.15, -0.1) is 0 Å². The SMILES string of the molecule is CCNC(=O)NCCC(=O)Nc1ccc2ncnc(Nc3ccc(OCc4cccc(F)c4)c(Cl)c3)c2c1. The maximum absolute atomic E-state index is 13.4. The number of halogens is 2. The number of hydrogen-bond donors (Lipinski definition) is 4. The summed E-state index contributed by atoms with van der Waals surface area (Å²) in [5, 5.41) is 12.3. The Morgan fingerprint density at radius 3 is 2.63 bits per heavy atom. The highest BCUT2D eigenvalue weighted by molar-refractivity contribution is 6.32. The van der Waals surface area contributed by atoms with Gasteiger partial charge in [-0.25, -0.2) is 19.2 Å². The second kappa shape index (κ2) is 12.7. The first-order chi connectivity index (χ1) is 18.4. The summed E-state index contributed by atoms with van der Waals surface area (Å²) in [7, 11) is 0. The summed E-state index contributed by atoms with van der Waals surface area (Å²) >= 11 is 6.42. The highest BCUT2D eigenvalue weighted by Crippen LogP contribution is 2.31. The van der Waals surface area contributed by atoms with E-state index in [-0.39, 0.29) is 37.3 Å². The van der Waals surface area contributed by atoms with Crippen LogP contribution in [-0.4, -0.2) is 35.0 Å². The van der Waals surface area contributed by atoms with Gasteiger partial charge in [-0.05, 0) is 61.0 Å². The summed E-state index contributed by atoms with van der Waals surface area (Å²) < 4.78 is 19.1. The first-order valence-corrected chi connectivity index (χ1v) is 12.3. The number of carbonyl (C=O) groups is 2. The summed E-state index contributed by atoms with van der Waals surface area (Å²) in [5.74, 6) is 0.410. The summed E-state index contributed by atoms with van der Waals surface area (Å²) in [5.41, 5.74) is 2.60. The lowest BCUT2D eigenvalue weighted by atomic mass is 10.2. The van der Waals surface area contributed by atoms with Crippen LogP contribution in [0.4, 0.5) is 26.4 Å². The van der Waals surface area contributed by atoms with E-state index in [9.17, 15) is 14.0 Å². The van der Waals surface area contributed by atoms with Crippen molar-refractivity contribution < 1.29 is 18.7 Å². The molecule has 4 N–H and O–H groups in total. The van der Waals surface area contributed by atoms with Crippen LogP contribution in [0.25, 0.3) is 10.9 Å². The Morgan fingerprint density at radius 1 is 1.00 bits per heavy atom. The van der Waals surface area contributed by atoms with Crippen molar-refractivity contribution in [1.82, 2.24) is 20.6 Å². The molecule has 38 heavy (non-hydrogen) atoms. The van der Waals surface area contributed by atoms with E-state index in [0.717, 1.165) is 0 Å². The molecule has 9 nitrogen and oxygen atoms in total. The molecule has 196 valence electrons. The van der Waals surface area contributed by atoms with Crippen LogP contribution in [0, 0.1) is 5.82 Å². The van der Waals surface area contributed by atoms with Crippen LogP contribution in [0.15, 0.2) is 67.0 Å². The van der Waals surface area contributed by atoms with Crippen molar-refractivity contribution in [1.29, 1.82) is 0 Å². The quantitative estimate of drug-likeness (QED) is 0.216. The lowest BCUT2D eigenvalue weighted by Gasteiger charge is -2.13. The second-order valence-electron chi connectivity index (χ2n) is 8.23. The molecule has 0 bridgehead atoms. The molecular formula is C27H26ClFN6O3. The Hall–Kier alpha value is -4.44. The highest BCUT2D eigenvalue weighted by Gasteiger charge is 2.10. The molecule has 0 aliphatic rings. The number of carbonyl (C=O) groups excluding carboxylic acids is 2. The van der Waals surface area contributed by atoms with Crippen LogP contribution in [0.3, 0.4) is 0 Å². The zero-order valence-corrected chi connectivity index (χ0v) is 21.3. The minimum absolute atomic E-state index is 0.123.